The highest BCUT2D eigenvalue weighted by Crippen LogP contribution is 2.30. The number of nitrogens with zero attached hydrogens (tertiary/aromatic N) is 7. The molecule has 0 unspecified atom stereocenters. The average Bonchev–Trinajstić information content (AvgIpc) is 3.45. The molecule has 1 aliphatic rings. The maximum atomic E-state index is 12.9. The molecule has 5 heterocycles. The van der Waals surface area contributed by atoms with Crippen molar-refractivity contribution in [1.29, 1.82) is 0 Å². The number of aromatic carboxylic acids is 1. The van der Waals surface area contributed by atoms with Crippen LogP contribution in [0.25, 0.3) is 16.2 Å². The van der Waals surface area contributed by atoms with Gasteiger partial charge in [0, 0.05) is 37.0 Å². The number of pyridine rings is 2. The number of hydrogen-bond donors (Lipinski definition) is 1. The number of aromatic nitrogens is 6. The smallest absolute Gasteiger partial charge is 0.341 e. The van der Waals surface area contributed by atoms with Crippen molar-refractivity contribution < 1.29 is 19.4 Å². The number of esters is 1. The average molecular weight is 481 g/mol. The van der Waals surface area contributed by atoms with Gasteiger partial charge in [-0.25, -0.2) is 19.6 Å². The van der Waals surface area contributed by atoms with Crippen molar-refractivity contribution in [3.63, 3.8) is 0 Å². The summed E-state index contributed by atoms with van der Waals surface area (Å²) in [5.41, 5.74) is 0.368. The van der Waals surface area contributed by atoms with Gasteiger partial charge in [-0.3, -0.25) is 14.0 Å². The Kier molecular flexibility index (Phi) is 5.32. The van der Waals surface area contributed by atoms with Crippen LogP contribution in [0.4, 0.5) is 5.82 Å². The molecular formula is C21H19N7O5S. The van der Waals surface area contributed by atoms with Crippen molar-refractivity contribution in [1.82, 2.24) is 28.7 Å². The van der Waals surface area contributed by atoms with E-state index in [9.17, 15) is 19.5 Å². The van der Waals surface area contributed by atoms with Crippen LogP contribution in [0.3, 0.4) is 0 Å². The Labute approximate surface area is 196 Å². The minimum Gasteiger partial charge on any atom is -0.477 e. The fourth-order valence-electron chi connectivity index (χ4n) is 3.88. The summed E-state index contributed by atoms with van der Waals surface area (Å²) in [5.74, 6) is -1.09. The summed E-state index contributed by atoms with van der Waals surface area (Å²) in [4.78, 5) is 47.3. The van der Waals surface area contributed by atoms with Gasteiger partial charge >= 0.3 is 11.9 Å². The molecule has 0 radical (unpaired) electrons. The molecule has 0 bridgehead atoms. The highest BCUT2D eigenvalue weighted by atomic mass is 32.1. The normalized spacial score (nSPS) is 13.8. The number of carbonyl (C=O) groups is 2. The lowest BCUT2D eigenvalue weighted by Crippen LogP contribution is -2.48. The molecule has 13 heteroatoms. The van der Waals surface area contributed by atoms with E-state index < -0.39 is 17.4 Å². The van der Waals surface area contributed by atoms with Crippen LogP contribution in [0.5, 0.6) is 0 Å². The van der Waals surface area contributed by atoms with Crippen LogP contribution in [0.15, 0.2) is 35.8 Å². The minimum absolute atomic E-state index is 0.0423. The number of ether oxygens (including phenoxy) is 1. The summed E-state index contributed by atoms with van der Waals surface area (Å²) in [6.07, 6.45) is 5.75. The van der Waals surface area contributed by atoms with Gasteiger partial charge in [-0.1, -0.05) is 0 Å². The van der Waals surface area contributed by atoms with Crippen molar-refractivity contribution in [2.45, 2.75) is 19.9 Å². The molecule has 34 heavy (non-hydrogen) atoms. The maximum absolute atomic E-state index is 12.9. The maximum Gasteiger partial charge on any atom is 0.341 e. The Morgan fingerprint density at radius 1 is 1.29 bits per heavy atom. The first-order chi connectivity index (χ1) is 16.4. The summed E-state index contributed by atoms with van der Waals surface area (Å²) in [6, 6.07) is 1.81. The van der Waals surface area contributed by atoms with Crippen molar-refractivity contribution in [2.24, 2.45) is 0 Å². The van der Waals surface area contributed by atoms with Gasteiger partial charge in [-0.2, -0.15) is 9.47 Å². The lowest BCUT2D eigenvalue weighted by molar-refractivity contribution is 0.0525. The Morgan fingerprint density at radius 2 is 2.09 bits per heavy atom. The second-order valence-electron chi connectivity index (χ2n) is 7.76. The predicted molar refractivity (Wildman–Crippen MR) is 122 cm³/mol. The first-order valence-corrected chi connectivity index (χ1v) is 11.2. The molecule has 0 spiro atoms. The topological polar surface area (TPSA) is 145 Å². The Hall–Kier alpha value is -4.13. The number of aryl methyl sites for hydroxylation is 1. The van der Waals surface area contributed by atoms with Crippen LogP contribution in [0, 0.1) is 6.92 Å². The van der Waals surface area contributed by atoms with Crippen LogP contribution in [-0.2, 0) is 4.74 Å². The van der Waals surface area contributed by atoms with Crippen molar-refractivity contribution in [3.05, 3.63) is 57.9 Å². The first-order valence-electron chi connectivity index (χ1n) is 10.4. The minimum atomic E-state index is -1.32. The molecule has 0 saturated carbocycles. The molecular weight excluding hydrogens is 462 g/mol. The summed E-state index contributed by atoms with van der Waals surface area (Å²) in [5, 5.41) is 14.4. The fourth-order valence-corrected chi connectivity index (χ4v) is 4.39. The Morgan fingerprint density at radius 3 is 2.76 bits per heavy atom. The zero-order valence-corrected chi connectivity index (χ0v) is 19.0. The third-order valence-electron chi connectivity index (χ3n) is 5.60. The number of carboxylic acids is 1. The van der Waals surface area contributed by atoms with E-state index in [0.717, 1.165) is 11.5 Å². The van der Waals surface area contributed by atoms with E-state index in [1.807, 2.05) is 4.90 Å². The second-order valence-corrected chi connectivity index (χ2v) is 8.51. The van der Waals surface area contributed by atoms with E-state index >= 15 is 0 Å². The first kappa shape index (κ1) is 21.7. The van der Waals surface area contributed by atoms with Crippen LogP contribution in [-0.4, -0.2) is 65.4 Å². The van der Waals surface area contributed by atoms with Gasteiger partial charge in [0.05, 0.1) is 29.8 Å². The number of hydrogen-bond acceptors (Lipinski definition) is 10. The van der Waals surface area contributed by atoms with E-state index in [4.69, 9.17) is 9.72 Å². The van der Waals surface area contributed by atoms with Crippen molar-refractivity contribution >= 4 is 40.3 Å². The van der Waals surface area contributed by atoms with Gasteiger partial charge in [0.1, 0.15) is 17.7 Å². The monoisotopic (exact) mass is 481 g/mol. The molecule has 174 valence electrons. The van der Waals surface area contributed by atoms with E-state index in [2.05, 4.69) is 14.5 Å². The zero-order chi connectivity index (χ0) is 24.0. The molecule has 4 aromatic heterocycles. The molecule has 1 saturated heterocycles. The second kappa shape index (κ2) is 8.33. The number of rotatable bonds is 6. The van der Waals surface area contributed by atoms with Crippen LogP contribution < -0.4 is 10.3 Å². The van der Waals surface area contributed by atoms with Gasteiger partial charge in [0.2, 0.25) is 10.6 Å². The van der Waals surface area contributed by atoms with E-state index in [-0.39, 0.29) is 17.0 Å². The number of carbonyl (C=O) groups excluding carboxylic acids is 1. The third kappa shape index (κ3) is 3.59. The van der Waals surface area contributed by atoms with Crippen molar-refractivity contribution in [2.75, 3.05) is 24.6 Å². The number of fused-ring (bicyclic) bond motifs is 1. The SMILES string of the molecule is CCOC(=O)c1cnn(C2CN(c3cc(C)c4c(=O)c(C(=O)O)cn(-c5ncns5)c4n3)C2)c1. The molecule has 1 N–H and O–H groups in total. The van der Waals surface area contributed by atoms with Crippen LogP contribution >= 0.6 is 11.5 Å². The molecule has 0 aromatic carbocycles. The summed E-state index contributed by atoms with van der Waals surface area (Å²) in [6.45, 7) is 4.99. The molecule has 12 nitrogen and oxygen atoms in total. The predicted octanol–water partition coefficient (Wildman–Crippen LogP) is 1.68. The molecule has 5 rings (SSSR count). The number of carboxylic acid groups (broad SMARTS) is 1. The molecule has 0 aliphatic carbocycles. The zero-order valence-electron chi connectivity index (χ0n) is 18.2. The standard InChI is InChI=1S/C21H19N7O5S/c1-3-33-20(32)12-5-23-28(6-12)13-7-26(8-13)15-4-11(2)16-17(29)14(19(30)31)9-27(18(16)25-15)21-22-10-24-34-21/h4-6,9-10,13H,3,7-8H2,1-2H3,(H,30,31). The summed E-state index contributed by atoms with van der Waals surface area (Å²) in [7, 11) is 0. The quantitative estimate of drug-likeness (QED) is 0.404. The molecule has 4 aromatic rings. The highest BCUT2D eigenvalue weighted by molar-refractivity contribution is 7.08. The lowest BCUT2D eigenvalue weighted by Gasteiger charge is -2.40. The summed E-state index contributed by atoms with van der Waals surface area (Å²) < 4.78 is 12.2. The molecule has 0 amide bonds. The van der Waals surface area contributed by atoms with Gasteiger partial charge in [0.25, 0.3) is 0 Å². The fraction of sp³-hybridized carbons (Fsp3) is 0.286. The van der Waals surface area contributed by atoms with Gasteiger partial charge in [-0.15, -0.1) is 0 Å². The number of anilines is 1. The van der Waals surface area contributed by atoms with E-state index in [1.54, 1.807) is 30.8 Å². The lowest BCUT2D eigenvalue weighted by atomic mass is 10.1. The van der Waals surface area contributed by atoms with Crippen molar-refractivity contribution in [3.8, 4) is 5.13 Å². The summed E-state index contributed by atoms with van der Waals surface area (Å²) >= 11 is 1.07. The van der Waals surface area contributed by atoms with Crippen LogP contribution in [0.1, 0.15) is 39.2 Å². The Bertz CT molecular complexity index is 1470. The molecule has 0 atom stereocenters. The molecule has 1 aliphatic heterocycles. The van der Waals surface area contributed by atoms with E-state index in [1.165, 1.54) is 23.3 Å². The van der Waals surface area contributed by atoms with Gasteiger partial charge < -0.3 is 14.7 Å². The van der Waals surface area contributed by atoms with Gasteiger partial charge in [-0.05, 0) is 25.5 Å². The highest BCUT2D eigenvalue weighted by Gasteiger charge is 2.31. The third-order valence-corrected chi connectivity index (χ3v) is 6.27. The van der Waals surface area contributed by atoms with Crippen LogP contribution in [0.2, 0.25) is 0 Å². The largest absolute Gasteiger partial charge is 0.477 e. The Balaban J connectivity index is 1.49. The van der Waals surface area contributed by atoms with Gasteiger partial charge in [0.15, 0.2) is 5.65 Å². The molecule has 1 fully saturated rings. The van der Waals surface area contributed by atoms with E-state index in [0.29, 0.717) is 47.4 Å².